The van der Waals surface area contributed by atoms with Crippen LogP contribution in [0.3, 0.4) is 0 Å². The summed E-state index contributed by atoms with van der Waals surface area (Å²) >= 11 is 0. The average molecular weight is 503 g/mol. The van der Waals surface area contributed by atoms with Crippen LogP contribution in [-0.2, 0) is 18.0 Å². The number of aromatic nitrogens is 3. The number of benzene rings is 2. The molecule has 1 aromatic heterocycles. The SMILES string of the molecule is C[C@@H](NC(=O)C1=NN(c2cc(-c3cnnn3C)ccc2F)C(O)C=C1)c1cc(N)cc(C(F)(F)F)c1. The van der Waals surface area contributed by atoms with E-state index in [1.807, 2.05) is 0 Å². The van der Waals surface area contributed by atoms with Crippen LogP contribution in [0.15, 0.2) is 59.8 Å². The summed E-state index contributed by atoms with van der Waals surface area (Å²) in [6, 6.07) is 6.25. The summed E-state index contributed by atoms with van der Waals surface area (Å²) in [5, 5.41) is 25.6. The molecule has 0 spiro atoms. The number of nitrogens with zero attached hydrogens (tertiary/aromatic N) is 5. The number of nitrogens with two attached hydrogens (primary N) is 1. The van der Waals surface area contributed by atoms with Crippen LogP contribution in [0.2, 0.25) is 0 Å². The van der Waals surface area contributed by atoms with Crippen molar-refractivity contribution < 1.29 is 27.5 Å². The van der Waals surface area contributed by atoms with Gasteiger partial charge in [0.15, 0.2) is 6.23 Å². The Hall–Kier alpha value is -4.26. The van der Waals surface area contributed by atoms with Crippen LogP contribution in [-0.4, -0.2) is 37.9 Å². The first-order valence-corrected chi connectivity index (χ1v) is 10.6. The van der Waals surface area contributed by atoms with Gasteiger partial charge in [-0.15, -0.1) is 5.10 Å². The zero-order chi connectivity index (χ0) is 26.2. The van der Waals surface area contributed by atoms with Gasteiger partial charge < -0.3 is 16.2 Å². The molecule has 0 saturated heterocycles. The number of carbonyl (C=O) groups excluding carboxylic acids is 1. The number of alkyl halides is 3. The molecule has 13 heteroatoms. The molecule has 0 radical (unpaired) electrons. The Balaban J connectivity index is 1.59. The molecule has 0 bridgehead atoms. The highest BCUT2D eigenvalue weighted by Crippen LogP contribution is 2.33. The van der Waals surface area contributed by atoms with Crippen LogP contribution >= 0.6 is 0 Å². The Kier molecular flexibility index (Phi) is 6.50. The molecule has 1 unspecified atom stereocenters. The van der Waals surface area contributed by atoms with Gasteiger partial charge in [-0.1, -0.05) is 5.21 Å². The lowest BCUT2D eigenvalue weighted by molar-refractivity contribution is -0.137. The second-order valence-electron chi connectivity index (χ2n) is 8.09. The molecule has 188 valence electrons. The predicted octanol–water partition coefficient (Wildman–Crippen LogP) is 3.15. The number of carbonyl (C=O) groups is 1. The number of amides is 1. The van der Waals surface area contributed by atoms with Crippen LogP contribution in [0.1, 0.15) is 24.1 Å². The molecule has 0 saturated carbocycles. The van der Waals surface area contributed by atoms with Crippen LogP contribution in [0.5, 0.6) is 0 Å². The van der Waals surface area contributed by atoms with Crippen molar-refractivity contribution in [3.63, 3.8) is 0 Å². The van der Waals surface area contributed by atoms with Crippen LogP contribution in [0, 0.1) is 5.82 Å². The highest BCUT2D eigenvalue weighted by atomic mass is 19.4. The summed E-state index contributed by atoms with van der Waals surface area (Å²) in [4.78, 5) is 12.8. The van der Waals surface area contributed by atoms with E-state index in [0.29, 0.717) is 11.3 Å². The van der Waals surface area contributed by atoms with Crippen molar-refractivity contribution in [2.45, 2.75) is 25.4 Å². The number of aliphatic hydroxyl groups is 1. The minimum Gasteiger partial charge on any atom is -0.399 e. The molecular formula is C23H21F4N7O2. The molecule has 1 aliphatic rings. The number of anilines is 2. The second-order valence-corrected chi connectivity index (χ2v) is 8.09. The van der Waals surface area contributed by atoms with Gasteiger partial charge in [0.1, 0.15) is 11.5 Å². The molecule has 2 aromatic carbocycles. The molecule has 4 rings (SSSR count). The number of hydrazone groups is 1. The van der Waals surface area contributed by atoms with Crippen molar-refractivity contribution in [1.29, 1.82) is 0 Å². The second kappa shape index (κ2) is 9.41. The first-order valence-electron chi connectivity index (χ1n) is 10.6. The minimum absolute atomic E-state index is 0.107. The maximum Gasteiger partial charge on any atom is 0.416 e. The Morgan fingerprint density at radius 3 is 2.64 bits per heavy atom. The number of aliphatic hydroxyl groups excluding tert-OH is 1. The number of hydrogen-bond acceptors (Lipinski definition) is 7. The molecular weight excluding hydrogens is 482 g/mol. The molecule has 1 amide bonds. The van der Waals surface area contributed by atoms with E-state index in [-0.39, 0.29) is 22.6 Å². The van der Waals surface area contributed by atoms with Crippen LogP contribution < -0.4 is 16.1 Å². The van der Waals surface area contributed by atoms with E-state index in [1.54, 1.807) is 7.05 Å². The monoisotopic (exact) mass is 503 g/mol. The zero-order valence-electron chi connectivity index (χ0n) is 19.0. The van der Waals surface area contributed by atoms with E-state index >= 15 is 0 Å². The third kappa shape index (κ3) is 5.05. The van der Waals surface area contributed by atoms with E-state index in [1.165, 1.54) is 54.2 Å². The lowest BCUT2D eigenvalue weighted by atomic mass is 10.0. The van der Waals surface area contributed by atoms with Gasteiger partial charge in [-0.2, -0.15) is 18.3 Å². The Bertz CT molecular complexity index is 1370. The maximum atomic E-state index is 14.7. The predicted molar refractivity (Wildman–Crippen MR) is 124 cm³/mol. The van der Waals surface area contributed by atoms with E-state index in [2.05, 4.69) is 20.7 Å². The quantitative estimate of drug-likeness (QED) is 0.363. The molecule has 2 heterocycles. The molecule has 4 N–H and O–H groups in total. The van der Waals surface area contributed by atoms with Crippen molar-refractivity contribution in [2.75, 3.05) is 10.7 Å². The van der Waals surface area contributed by atoms with E-state index in [4.69, 9.17) is 5.73 Å². The number of hydrogen-bond donors (Lipinski definition) is 3. The van der Waals surface area contributed by atoms with Gasteiger partial charge in [0.05, 0.1) is 29.2 Å². The lowest BCUT2D eigenvalue weighted by Crippen LogP contribution is -2.39. The largest absolute Gasteiger partial charge is 0.416 e. The molecule has 9 nitrogen and oxygen atoms in total. The fraction of sp³-hybridized carbons (Fsp3) is 0.217. The van der Waals surface area contributed by atoms with Gasteiger partial charge in [0.25, 0.3) is 5.91 Å². The van der Waals surface area contributed by atoms with Crippen LogP contribution in [0.4, 0.5) is 28.9 Å². The van der Waals surface area contributed by atoms with E-state index in [9.17, 15) is 27.5 Å². The fourth-order valence-corrected chi connectivity index (χ4v) is 3.63. The Morgan fingerprint density at radius 2 is 1.97 bits per heavy atom. The topological polar surface area (TPSA) is 122 Å². The summed E-state index contributed by atoms with van der Waals surface area (Å²) in [6.45, 7) is 1.48. The van der Waals surface area contributed by atoms with E-state index < -0.39 is 35.7 Å². The zero-order valence-corrected chi connectivity index (χ0v) is 19.0. The highest BCUT2D eigenvalue weighted by Gasteiger charge is 2.32. The first-order chi connectivity index (χ1) is 16.9. The highest BCUT2D eigenvalue weighted by molar-refractivity contribution is 6.43. The van der Waals surface area contributed by atoms with Crippen molar-refractivity contribution in [3.8, 4) is 11.3 Å². The summed E-state index contributed by atoms with van der Waals surface area (Å²) < 4.78 is 55.6. The van der Waals surface area contributed by atoms with Crippen molar-refractivity contribution in [2.24, 2.45) is 12.1 Å². The molecule has 0 fully saturated rings. The number of nitrogen functional groups attached to an aromatic ring is 1. The average Bonchev–Trinajstić information content (AvgIpc) is 3.24. The summed E-state index contributed by atoms with van der Waals surface area (Å²) in [5.41, 5.74) is 5.50. The molecule has 1 aliphatic heterocycles. The minimum atomic E-state index is -4.61. The number of aryl methyl sites for hydroxylation is 1. The molecule has 0 aliphatic carbocycles. The van der Waals surface area contributed by atoms with Crippen molar-refractivity contribution in [3.05, 3.63) is 71.7 Å². The third-order valence-electron chi connectivity index (χ3n) is 5.48. The van der Waals surface area contributed by atoms with Gasteiger partial charge in [-0.05, 0) is 61.0 Å². The Labute approximate surface area is 202 Å². The normalized spacial score (nSPS) is 16.6. The van der Waals surface area contributed by atoms with Gasteiger partial charge in [0.2, 0.25) is 0 Å². The van der Waals surface area contributed by atoms with E-state index in [0.717, 1.165) is 17.1 Å². The molecule has 36 heavy (non-hydrogen) atoms. The van der Waals surface area contributed by atoms with Gasteiger partial charge in [0, 0.05) is 18.3 Å². The standard InChI is InChI=1S/C23H21F4N7O2/c1-12(14-7-15(23(25,26)27)10-16(28)8-14)30-22(36)18-5-6-21(35)34(31-18)19-9-13(3-4-17(19)24)20-11-29-32-33(20)2/h3-12,21,35H,28H2,1-2H3,(H,30,36)/t12-,21?/m1/s1. The van der Waals surface area contributed by atoms with Gasteiger partial charge in [-0.25, -0.2) is 14.1 Å². The third-order valence-corrected chi connectivity index (χ3v) is 5.48. The van der Waals surface area contributed by atoms with Crippen molar-refractivity contribution >= 4 is 23.0 Å². The number of halogens is 4. The summed E-state index contributed by atoms with van der Waals surface area (Å²) in [5.74, 6) is -1.46. The first kappa shape index (κ1) is 24.9. The van der Waals surface area contributed by atoms with Crippen molar-refractivity contribution in [1.82, 2.24) is 20.3 Å². The van der Waals surface area contributed by atoms with Gasteiger partial charge >= 0.3 is 6.18 Å². The molecule has 2 atom stereocenters. The fourth-order valence-electron chi connectivity index (χ4n) is 3.63. The molecule has 3 aromatic rings. The van der Waals surface area contributed by atoms with Gasteiger partial charge in [-0.3, -0.25) is 4.79 Å². The number of rotatable bonds is 5. The summed E-state index contributed by atoms with van der Waals surface area (Å²) in [6.07, 6.45) is -2.04. The Morgan fingerprint density at radius 1 is 1.22 bits per heavy atom. The number of nitrogens with one attached hydrogen (secondary N) is 1. The summed E-state index contributed by atoms with van der Waals surface area (Å²) in [7, 11) is 1.66. The van der Waals surface area contributed by atoms with Crippen LogP contribution in [0.25, 0.3) is 11.3 Å². The maximum absolute atomic E-state index is 14.7. The lowest BCUT2D eigenvalue weighted by Gasteiger charge is -2.27. The smallest absolute Gasteiger partial charge is 0.399 e.